The van der Waals surface area contributed by atoms with E-state index in [1.807, 2.05) is 12.1 Å². The summed E-state index contributed by atoms with van der Waals surface area (Å²) < 4.78 is 60.1. The lowest BCUT2D eigenvalue weighted by Crippen LogP contribution is -2.25. The van der Waals surface area contributed by atoms with Gasteiger partial charge in [-0.1, -0.05) is 0 Å². The maximum Gasteiger partial charge on any atom is 0.303 e. The molecule has 0 saturated heterocycles. The fraction of sp³-hybridized carbons (Fsp3) is 0.758. The number of nitrogen functional groups attached to an aromatic ring is 1. The molecule has 0 heterocycles. The van der Waals surface area contributed by atoms with Gasteiger partial charge in [0.25, 0.3) is 0 Å². The average molecular weight is 707 g/mol. The van der Waals surface area contributed by atoms with Crippen molar-refractivity contribution in [1.29, 1.82) is 0 Å². The Morgan fingerprint density at radius 1 is 0.490 bits per heavy atom. The molecule has 0 aliphatic heterocycles. The van der Waals surface area contributed by atoms with Crippen molar-refractivity contribution in [3.8, 4) is 5.75 Å². The average Bonchev–Trinajstić information content (AvgIpc) is 3.09. The van der Waals surface area contributed by atoms with Gasteiger partial charge in [-0.2, -0.15) is 0 Å². The molecule has 284 valence electrons. The highest BCUT2D eigenvalue weighted by Crippen LogP contribution is 2.12. The van der Waals surface area contributed by atoms with E-state index in [1.165, 1.54) is 0 Å². The summed E-state index contributed by atoms with van der Waals surface area (Å²) in [6.45, 7) is 10.5. The Balaban J connectivity index is 1.63. The van der Waals surface area contributed by atoms with E-state index in [2.05, 4.69) is 5.32 Å². The van der Waals surface area contributed by atoms with Crippen molar-refractivity contribution in [3.63, 3.8) is 0 Å². The first-order valence-electron chi connectivity index (χ1n) is 16.8. The van der Waals surface area contributed by atoms with Gasteiger partial charge in [0.1, 0.15) is 12.4 Å². The molecule has 0 spiro atoms. The van der Waals surface area contributed by atoms with E-state index in [-0.39, 0.29) is 18.7 Å². The van der Waals surface area contributed by atoms with Crippen LogP contribution in [0.1, 0.15) is 19.3 Å². The lowest BCUT2D eigenvalue weighted by atomic mass is 10.3. The summed E-state index contributed by atoms with van der Waals surface area (Å²) >= 11 is 0. The number of carboxylic acid groups (broad SMARTS) is 1. The Morgan fingerprint density at radius 3 is 1.16 bits per heavy atom. The maximum atomic E-state index is 11.4. The highest BCUT2D eigenvalue weighted by Gasteiger charge is 2.04. The zero-order valence-electron chi connectivity index (χ0n) is 28.8. The van der Waals surface area contributed by atoms with Crippen LogP contribution in [-0.4, -0.2) is 162 Å². The second-order valence-corrected chi connectivity index (χ2v) is 10.1. The molecule has 1 amide bonds. The van der Waals surface area contributed by atoms with E-state index in [0.717, 1.165) is 5.75 Å². The summed E-state index contributed by atoms with van der Waals surface area (Å²) in [4.78, 5) is 21.8. The molecule has 1 aromatic carbocycles. The molecular weight excluding hydrogens is 648 g/mol. The van der Waals surface area contributed by atoms with Gasteiger partial charge >= 0.3 is 5.97 Å². The van der Waals surface area contributed by atoms with E-state index in [1.54, 1.807) is 12.1 Å². The number of carbonyl (C=O) groups excluding carboxylic acids is 1. The Kier molecular flexibility index (Phi) is 31.9. The van der Waals surface area contributed by atoms with Crippen LogP contribution in [0.15, 0.2) is 24.3 Å². The van der Waals surface area contributed by atoms with Gasteiger partial charge in [0, 0.05) is 25.3 Å². The van der Waals surface area contributed by atoms with Crippen molar-refractivity contribution >= 4 is 17.6 Å². The Morgan fingerprint density at radius 2 is 0.816 bits per heavy atom. The van der Waals surface area contributed by atoms with Crippen LogP contribution in [-0.2, 0) is 57.0 Å². The van der Waals surface area contributed by atoms with Crippen molar-refractivity contribution in [2.45, 2.75) is 19.3 Å². The number of benzene rings is 1. The summed E-state index contributed by atoms with van der Waals surface area (Å²) in [7, 11) is 0. The van der Waals surface area contributed by atoms with E-state index in [4.69, 9.17) is 62.9 Å². The molecular formula is C33H58N2O14. The van der Waals surface area contributed by atoms with Crippen molar-refractivity contribution in [1.82, 2.24) is 5.32 Å². The number of rotatable bonds is 38. The topological polar surface area (TPSA) is 194 Å². The van der Waals surface area contributed by atoms with Crippen LogP contribution in [0.25, 0.3) is 0 Å². The summed E-state index contributed by atoms with van der Waals surface area (Å²) in [6.07, 6.45) is 0.473. The summed E-state index contributed by atoms with van der Waals surface area (Å²) in [5, 5.41) is 11.2. The van der Waals surface area contributed by atoms with Crippen LogP contribution >= 0.6 is 0 Å². The van der Waals surface area contributed by atoms with Crippen LogP contribution in [0, 0.1) is 0 Å². The molecule has 0 aromatic heterocycles. The number of carboxylic acids is 1. The van der Waals surface area contributed by atoms with E-state index >= 15 is 0 Å². The van der Waals surface area contributed by atoms with Gasteiger partial charge in [0.15, 0.2) is 0 Å². The molecule has 0 aliphatic carbocycles. The monoisotopic (exact) mass is 706 g/mol. The zero-order valence-corrected chi connectivity index (χ0v) is 28.8. The number of aliphatic carboxylic acids is 1. The molecule has 49 heavy (non-hydrogen) atoms. The highest BCUT2D eigenvalue weighted by molar-refractivity contribution is 5.80. The molecule has 1 rings (SSSR count). The quantitative estimate of drug-likeness (QED) is 0.0655. The van der Waals surface area contributed by atoms with Crippen LogP contribution in [0.5, 0.6) is 5.75 Å². The third-order valence-electron chi connectivity index (χ3n) is 6.08. The standard InChI is InChI=1S/C33H58N2O14/c34-30-2-4-31(5-3-30)49-29-28-48-27-26-47-25-24-46-23-22-45-21-20-44-19-18-43-17-16-42-15-14-41-13-12-40-11-10-39-9-1-8-35-32(36)6-7-33(37)38/h2-5H,1,6-29,34H2,(H,35,36)(H,37,38). The molecule has 0 radical (unpaired) electrons. The fourth-order valence-corrected chi connectivity index (χ4v) is 3.57. The molecule has 0 aliphatic rings. The highest BCUT2D eigenvalue weighted by atomic mass is 16.6. The molecule has 0 unspecified atom stereocenters. The number of nitrogens with one attached hydrogen (secondary N) is 1. The van der Waals surface area contributed by atoms with E-state index < -0.39 is 5.97 Å². The Labute approximate surface area is 290 Å². The van der Waals surface area contributed by atoms with Gasteiger partial charge in [-0.25, -0.2) is 0 Å². The zero-order chi connectivity index (χ0) is 35.3. The number of nitrogens with two attached hydrogens (primary N) is 1. The minimum Gasteiger partial charge on any atom is -0.491 e. The SMILES string of the molecule is Nc1ccc(OCCOCCOCCOCCOCCOCCOCCOCCOCCOCCOCCCNC(=O)CCC(=O)O)cc1. The van der Waals surface area contributed by atoms with Crippen LogP contribution in [0.4, 0.5) is 5.69 Å². The molecule has 1 aromatic rings. The van der Waals surface area contributed by atoms with Gasteiger partial charge in [0.2, 0.25) is 5.91 Å². The second-order valence-electron chi connectivity index (χ2n) is 10.1. The first kappa shape index (κ1) is 44.4. The minimum atomic E-state index is -0.984. The van der Waals surface area contributed by atoms with E-state index in [0.29, 0.717) is 157 Å². The summed E-state index contributed by atoms with van der Waals surface area (Å²) in [6, 6.07) is 7.24. The molecule has 4 N–H and O–H groups in total. The Hall–Kier alpha value is -2.64. The summed E-state index contributed by atoms with van der Waals surface area (Å²) in [5.41, 5.74) is 6.34. The largest absolute Gasteiger partial charge is 0.491 e. The second kappa shape index (κ2) is 35.2. The van der Waals surface area contributed by atoms with Gasteiger partial charge in [-0.05, 0) is 30.7 Å². The van der Waals surface area contributed by atoms with Gasteiger partial charge in [-0.3, -0.25) is 9.59 Å². The first-order valence-corrected chi connectivity index (χ1v) is 16.8. The van der Waals surface area contributed by atoms with E-state index in [9.17, 15) is 9.59 Å². The van der Waals surface area contributed by atoms with Crippen molar-refractivity contribution in [2.75, 3.05) is 151 Å². The fourth-order valence-electron chi connectivity index (χ4n) is 3.57. The number of anilines is 1. The van der Waals surface area contributed by atoms with Gasteiger partial charge in [-0.15, -0.1) is 0 Å². The van der Waals surface area contributed by atoms with Crippen molar-refractivity contribution < 1.29 is 66.8 Å². The van der Waals surface area contributed by atoms with Gasteiger partial charge < -0.3 is 68.3 Å². The normalized spacial score (nSPS) is 11.2. The van der Waals surface area contributed by atoms with Crippen LogP contribution in [0.3, 0.4) is 0 Å². The molecule has 16 heteroatoms. The van der Waals surface area contributed by atoms with Crippen molar-refractivity contribution in [2.24, 2.45) is 0 Å². The number of hydrogen-bond donors (Lipinski definition) is 3. The molecule has 16 nitrogen and oxygen atoms in total. The number of ether oxygens (including phenoxy) is 11. The molecule has 0 saturated carbocycles. The number of hydrogen-bond acceptors (Lipinski definition) is 14. The minimum absolute atomic E-state index is 0.0115. The molecule has 0 atom stereocenters. The number of carbonyl (C=O) groups is 2. The Bertz CT molecular complexity index is 881. The maximum absolute atomic E-state index is 11.4. The third-order valence-corrected chi connectivity index (χ3v) is 6.08. The first-order chi connectivity index (χ1) is 24.1. The molecule has 0 fully saturated rings. The van der Waals surface area contributed by atoms with Crippen LogP contribution < -0.4 is 15.8 Å². The lowest BCUT2D eigenvalue weighted by molar-refractivity contribution is -0.138. The predicted molar refractivity (Wildman–Crippen MR) is 179 cm³/mol. The smallest absolute Gasteiger partial charge is 0.303 e. The third kappa shape index (κ3) is 33.6. The van der Waals surface area contributed by atoms with Gasteiger partial charge in [0.05, 0.1) is 132 Å². The van der Waals surface area contributed by atoms with Crippen molar-refractivity contribution in [3.05, 3.63) is 24.3 Å². The predicted octanol–water partition coefficient (Wildman–Crippen LogP) is 1.18. The van der Waals surface area contributed by atoms with Crippen LogP contribution in [0.2, 0.25) is 0 Å². The molecule has 0 bridgehead atoms. The summed E-state index contributed by atoms with van der Waals surface area (Å²) in [5.74, 6) is -0.487. The number of amides is 1. The lowest BCUT2D eigenvalue weighted by Gasteiger charge is -2.09.